The Hall–Kier alpha value is -0.510. The Morgan fingerprint density at radius 2 is 2.06 bits per heavy atom. The van der Waals surface area contributed by atoms with Crippen molar-refractivity contribution >= 4 is 11.8 Å². The van der Waals surface area contributed by atoms with E-state index < -0.39 is 0 Å². The molecule has 0 radical (unpaired) electrons. The van der Waals surface area contributed by atoms with Gasteiger partial charge < -0.3 is 10.1 Å². The van der Waals surface area contributed by atoms with E-state index in [1.807, 2.05) is 11.8 Å². The number of nitrogens with one attached hydrogen (secondary N) is 1. The molecule has 0 heterocycles. The predicted molar refractivity (Wildman–Crippen MR) is 80.2 cm³/mol. The van der Waals surface area contributed by atoms with Crippen LogP contribution in [0.25, 0.3) is 0 Å². The van der Waals surface area contributed by atoms with Crippen LogP contribution in [0.2, 0.25) is 0 Å². The second kappa shape index (κ2) is 9.42. The number of benzene rings is 1. The Bertz CT molecular complexity index is 328. The zero-order chi connectivity index (χ0) is 13.2. The number of rotatable bonds is 9. The highest BCUT2D eigenvalue weighted by Crippen LogP contribution is 2.23. The lowest BCUT2D eigenvalue weighted by Crippen LogP contribution is -2.19. The molecule has 0 unspecified atom stereocenters. The highest BCUT2D eigenvalue weighted by Gasteiger charge is 2.02. The van der Waals surface area contributed by atoms with Gasteiger partial charge in [-0.05, 0) is 30.5 Å². The van der Waals surface area contributed by atoms with Crippen molar-refractivity contribution in [3.05, 3.63) is 29.8 Å². The van der Waals surface area contributed by atoms with E-state index in [-0.39, 0.29) is 0 Å². The van der Waals surface area contributed by atoms with E-state index in [0.29, 0.717) is 5.92 Å². The molecule has 0 aromatic heterocycles. The molecule has 0 aliphatic carbocycles. The van der Waals surface area contributed by atoms with Crippen LogP contribution in [0.5, 0.6) is 0 Å². The van der Waals surface area contributed by atoms with Crippen LogP contribution in [0.15, 0.2) is 29.2 Å². The van der Waals surface area contributed by atoms with Crippen LogP contribution in [-0.4, -0.2) is 26.0 Å². The quantitative estimate of drug-likeness (QED) is 0.546. The summed E-state index contributed by atoms with van der Waals surface area (Å²) in [6, 6.07) is 8.66. The minimum absolute atomic E-state index is 0.700. The Balaban J connectivity index is 2.40. The predicted octanol–water partition coefficient (Wildman–Crippen LogP) is 3.56. The molecule has 0 saturated carbocycles. The number of ether oxygens (including phenoxy) is 1. The van der Waals surface area contributed by atoms with Gasteiger partial charge >= 0.3 is 0 Å². The number of methoxy groups -OCH3 is 1. The third-order valence-electron chi connectivity index (χ3n) is 2.59. The summed E-state index contributed by atoms with van der Waals surface area (Å²) in [7, 11) is 1.76. The average Bonchev–Trinajstić information content (AvgIpc) is 2.36. The molecule has 1 aromatic carbocycles. The minimum atomic E-state index is 0.700. The SMILES string of the molecule is COCCCSc1ccccc1CNCC(C)C. The summed E-state index contributed by atoms with van der Waals surface area (Å²) in [6.07, 6.45) is 1.11. The Morgan fingerprint density at radius 1 is 1.28 bits per heavy atom. The van der Waals surface area contributed by atoms with Crippen molar-refractivity contribution in [1.29, 1.82) is 0 Å². The van der Waals surface area contributed by atoms with Crippen molar-refractivity contribution in [3.8, 4) is 0 Å². The maximum absolute atomic E-state index is 5.08. The maximum atomic E-state index is 5.08. The summed E-state index contributed by atoms with van der Waals surface area (Å²) in [5, 5.41) is 3.51. The first-order valence-corrected chi connectivity index (χ1v) is 7.63. The van der Waals surface area contributed by atoms with E-state index in [0.717, 1.165) is 31.9 Å². The van der Waals surface area contributed by atoms with Crippen LogP contribution < -0.4 is 5.32 Å². The normalized spacial score (nSPS) is 11.1. The number of hydrogen-bond donors (Lipinski definition) is 1. The summed E-state index contributed by atoms with van der Waals surface area (Å²) >= 11 is 1.93. The van der Waals surface area contributed by atoms with Gasteiger partial charge in [0.1, 0.15) is 0 Å². The van der Waals surface area contributed by atoms with E-state index in [1.165, 1.54) is 10.5 Å². The Morgan fingerprint density at radius 3 is 2.78 bits per heavy atom. The van der Waals surface area contributed by atoms with Crippen LogP contribution in [0.4, 0.5) is 0 Å². The lowest BCUT2D eigenvalue weighted by atomic mass is 10.2. The molecule has 0 aliphatic rings. The molecule has 2 nitrogen and oxygen atoms in total. The fraction of sp³-hybridized carbons (Fsp3) is 0.600. The molecule has 0 bridgehead atoms. The molecule has 0 aliphatic heterocycles. The van der Waals surface area contributed by atoms with E-state index in [2.05, 4.69) is 43.4 Å². The van der Waals surface area contributed by atoms with Gasteiger partial charge in [-0.1, -0.05) is 32.0 Å². The van der Waals surface area contributed by atoms with Crippen LogP contribution in [0, 0.1) is 5.92 Å². The third kappa shape index (κ3) is 6.43. The molecule has 3 heteroatoms. The lowest BCUT2D eigenvalue weighted by Gasteiger charge is -2.11. The zero-order valence-electron chi connectivity index (χ0n) is 11.7. The van der Waals surface area contributed by atoms with Crippen LogP contribution >= 0.6 is 11.8 Å². The van der Waals surface area contributed by atoms with Gasteiger partial charge in [0.2, 0.25) is 0 Å². The first-order chi connectivity index (χ1) is 8.74. The van der Waals surface area contributed by atoms with Gasteiger partial charge in [-0.15, -0.1) is 11.8 Å². The van der Waals surface area contributed by atoms with Crippen LogP contribution in [0.1, 0.15) is 25.8 Å². The van der Waals surface area contributed by atoms with Crippen molar-refractivity contribution in [3.63, 3.8) is 0 Å². The van der Waals surface area contributed by atoms with Crippen molar-refractivity contribution in [2.45, 2.75) is 31.7 Å². The molecular weight excluding hydrogens is 242 g/mol. The molecule has 102 valence electrons. The summed E-state index contributed by atoms with van der Waals surface area (Å²) in [5.74, 6) is 1.82. The van der Waals surface area contributed by atoms with Gasteiger partial charge in [0.05, 0.1) is 0 Å². The third-order valence-corrected chi connectivity index (χ3v) is 3.79. The van der Waals surface area contributed by atoms with Crippen molar-refractivity contribution in [1.82, 2.24) is 5.32 Å². The van der Waals surface area contributed by atoms with Gasteiger partial charge in [0, 0.05) is 30.9 Å². The Kier molecular flexibility index (Phi) is 8.14. The highest BCUT2D eigenvalue weighted by atomic mass is 32.2. The van der Waals surface area contributed by atoms with Crippen molar-refractivity contribution < 1.29 is 4.74 Å². The molecular formula is C15H25NOS. The van der Waals surface area contributed by atoms with Gasteiger partial charge in [-0.3, -0.25) is 0 Å². The standard InChI is InChI=1S/C15H25NOS/c1-13(2)11-16-12-14-7-4-5-8-15(14)18-10-6-9-17-3/h4-5,7-8,13,16H,6,9-12H2,1-3H3. The summed E-state index contributed by atoms with van der Waals surface area (Å²) < 4.78 is 5.08. The molecule has 18 heavy (non-hydrogen) atoms. The zero-order valence-corrected chi connectivity index (χ0v) is 12.6. The second-order valence-corrected chi connectivity index (χ2v) is 5.96. The van der Waals surface area contributed by atoms with Gasteiger partial charge in [0.25, 0.3) is 0 Å². The summed E-state index contributed by atoms with van der Waals surface area (Å²) in [5.41, 5.74) is 1.40. The smallest absolute Gasteiger partial charge is 0.0470 e. The van der Waals surface area contributed by atoms with Gasteiger partial charge in [-0.25, -0.2) is 0 Å². The molecule has 1 N–H and O–H groups in total. The van der Waals surface area contributed by atoms with Gasteiger partial charge in [0.15, 0.2) is 0 Å². The van der Waals surface area contributed by atoms with E-state index in [9.17, 15) is 0 Å². The fourth-order valence-electron chi connectivity index (χ4n) is 1.67. The average molecular weight is 267 g/mol. The topological polar surface area (TPSA) is 21.3 Å². The molecule has 1 rings (SSSR count). The largest absolute Gasteiger partial charge is 0.385 e. The van der Waals surface area contributed by atoms with E-state index in [4.69, 9.17) is 4.74 Å². The Labute approximate surface area is 116 Å². The maximum Gasteiger partial charge on any atom is 0.0470 e. The van der Waals surface area contributed by atoms with Crippen molar-refractivity contribution in [2.24, 2.45) is 5.92 Å². The summed E-state index contributed by atoms with van der Waals surface area (Å²) in [6.45, 7) is 7.35. The number of thioether (sulfide) groups is 1. The molecule has 0 amide bonds. The van der Waals surface area contributed by atoms with Crippen LogP contribution in [-0.2, 0) is 11.3 Å². The summed E-state index contributed by atoms with van der Waals surface area (Å²) in [4.78, 5) is 1.39. The molecule has 0 saturated heterocycles. The highest BCUT2D eigenvalue weighted by molar-refractivity contribution is 7.99. The lowest BCUT2D eigenvalue weighted by molar-refractivity contribution is 0.200. The number of hydrogen-bond acceptors (Lipinski definition) is 3. The minimum Gasteiger partial charge on any atom is -0.385 e. The van der Waals surface area contributed by atoms with E-state index in [1.54, 1.807) is 7.11 Å². The molecule has 1 aromatic rings. The first kappa shape index (κ1) is 15.5. The van der Waals surface area contributed by atoms with Crippen molar-refractivity contribution in [2.75, 3.05) is 26.0 Å². The fourth-order valence-corrected chi connectivity index (χ4v) is 2.65. The molecule has 0 spiro atoms. The monoisotopic (exact) mass is 267 g/mol. The van der Waals surface area contributed by atoms with Crippen LogP contribution in [0.3, 0.4) is 0 Å². The van der Waals surface area contributed by atoms with Gasteiger partial charge in [-0.2, -0.15) is 0 Å². The second-order valence-electron chi connectivity index (χ2n) is 4.83. The molecule has 0 fully saturated rings. The van der Waals surface area contributed by atoms with E-state index >= 15 is 0 Å². The molecule has 0 atom stereocenters. The first-order valence-electron chi connectivity index (χ1n) is 6.64.